The SMILES string of the molecule is c1cc2c(cn1)Nc1cnccc1[SiH2]2. The van der Waals surface area contributed by atoms with Crippen LogP contribution < -0.4 is 15.7 Å². The van der Waals surface area contributed by atoms with Gasteiger partial charge in [-0.3, -0.25) is 9.97 Å². The number of nitrogens with zero attached hydrogens (tertiary/aromatic N) is 2. The van der Waals surface area contributed by atoms with Crippen LogP contribution in [0.4, 0.5) is 11.4 Å². The van der Waals surface area contributed by atoms with Gasteiger partial charge in [0.15, 0.2) is 0 Å². The van der Waals surface area contributed by atoms with Gasteiger partial charge < -0.3 is 5.32 Å². The Kier molecular flexibility index (Phi) is 1.60. The first kappa shape index (κ1) is 7.70. The van der Waals surface area contributed by atoms with Gasteiger partial charge in [-0.1, -0.05) is 0 Å². The Morgan fingerprint density at radius 1 is 0.929 bits per heavy atom. The van der Waals surface area contributed by atoms with Crippen LogP contribution in [0, 0.1) is 0 Å². The van der Waals surface area contributed by atoms with Gasteiger partial charge in [0.2, 0.25) is 0 Å². The van der Waals surface area contributed by atoms with Crippen molar-refractivity contribution in [2.45, 2.75) is 0 Å². The quantitative estimate of drug-likeness (QED) is 0.503. The van der Waals surface area contributed by atoms with Crippen LogP contribution in [0.3, 0.4) is 0 Å². The van der Waals surface area contributed by atoms with Crippen LogP contribution in [-0.4, -0.2) is 19.5 Å². The summed E-state index contributed by atoms with van der Waals surface area (Å²) in [5, 5.41) is 6.21. The monoisotopic (exact) mass is 199 g/mol. The zero-order valence-electron chi connectivity index (χ0n) is 7.57. The number of nitrogens with one attached hydrogen (secondary N) is 1. The summed E-state index contributed by atoms with van der Waals surface area (Å²) in [6.07, 6.45) is 7.50. The number of hydrogen-bond donors (Lipinski definition) is 1. The van der Waals surface area contributed by atoms with Crippen molar-refractivity contribution in [2.24, 2.45) is 0 Å². The van der Waals surface area contributed by atoms with E-state index >= 15 is 0 Å². The van der Waals surface area contributed by atoms with Crippen LogP contribution in [0.5, 0.6) is 0 Å². The van der Waals surface area contributed by atoms with Gasteiger partial charge in [0, 0.05) is 12.4 Å². The number of fused-ring (bicyclic) bond motifs is 2. The van der Waals surface area contributed by atoms with Gasteiger partial charge in [-0.05, 0) is 22.5 Å². The highest BCUT2D eigenvalue weighted by Gasteiger charge is 2.13. The summed E-state index contributed by atoms with van der Waals surface area (Å²) < 4.78 is 0. The van der Waals surface area contributed by atoms with Crippen LogP contribution in [0.1, 0.15) is 0 Å². The van der Waals surface area contributed by atoms with E-state index in [0.717, 1.165) is 11.4 Å². The van der Waals surface area contributed by atoms with Crippen LogP contribution >= 0.6 is 0 Å². The van der Waals surface area contributed by atoms with Gasteiger partial charge in [0.25, 0.3) is 0 Å². The minimum Gasteiger partial charge on any atom is -0.353 e. The largest absolute Gasteiger partial charge is 0.353 e. The Bertz CT molecular complexity index is 397. The number of aromatic nitrogens is 2. The van der Waals surface area contributed by atoms with Gasteiger partial charge in [0.05, 0.1) is 33.3 Å². The highest BCUT2D eigenvalue weighted by molar-refractivity contribution is 6.71. The normalized spacial score (nSPS) is 12.6. The molecule has 0 radical (unpaired) electrons. The van der Waals surface area contributed by atoms with Crippen LogP contribution in [0.15, 0.2) is 36.9 Å². The van der Waals surface area contributed by atoms with E-state index in [-0.39, 0.29) is 9.52 Å². The van der Waals surface area contributed by atoms with Crippen LogP contribution in [0.2, 0.25) is 0 Å². The van der Waals surface area contributed by atoms with Crippen molar-refractivity contribution in [2.75, 3.05) is 5.32 Å². The smallest absolute Gasteiger partial charge is 0.0932 e. The summed E-state index contributed by atoms with van der Waals surface area (Å²) in [7, 11) is -0.337. The van der Waals surface area contributed by atoms with E-state index in [4.69, 9.17) is 0 Å². The molecule has 0 amide bonds. The van der Waals surface area contributed by atoms with Crippen molar-refractivity contribution < 1.29 is 0 Å². The maximum atomic E-state index is 4.11. The second-order valence-electron chi connectivity index (χ2n) is 3.37. The van der Waals surface area contributed by atoms with Gasteiger partial charge in [-0.15, -0.1) is 0 Å². The van der Waals surface area contributed by atoms with Crippen molar-refractivity contribution in [1.29, 1.82) is 0 Å². The Hall–Kier alpha value is -1.68. The first-order valence-electron chi connectivity index (χ1n) is 4.56. The topological polar surface area (TPSA) is 37.8 Å². The second-order valence-corrected chi connectivity index (χ2v) is 5.24. The third kappa shape index (κ3) is 1.12. The summed E-state index contributed by atoms with van der Waals surface area (Å²) in [6, 6.07) is 4.22. The summed E-state index contributed by atoms with van der Waals surface area (Å²) in [4.78, 5) is 8.22. The van der Waals surface area contributed by atoms with E-state index in [9.17, 15) is 0 Å². The predicted octanol–water partition coefficient (Wildman–Crippen LogP) is -0.347. The molecule has 3 rings (SSSR count). The molecule has 3 nitrogen and oxygen atoms in total. The lowest BCUT2D eigenvalue weighted by molar-refractivity contribution is 1.31. The van der Waals surface area contributed by atoms with Crippen molar-refractivity contribution in [3.63, 3.8) is 0 Å². The van der Waals surface area contributed by atoms with E-state index in [2.05, 4.69) is 27.4 Å². The molecule has 4 heteroatoms. The number of pyridine rings is 2. The zero-order chi connectivity index (χ0) is 9.38. The molecule has 1 aliphatic rings. The molecule has 2 aromatic heterocycles. The summed E-state index contributed by atoms with van der Waals surface area (Å²) in [5.74, 6) is 0. The molecule has 68 valence electrons. The molecule has 0 aliphatic carbocycles. The molecule has 14 heavy (non-hydrogen) atoms. The third-order valence-corrected chi connectivity index (χ3v) is 4.47. The predicted molar refractivity (Wildman–Crippen MR) is 59.6 cm³/mol. The minimum absolute atomic E-state index is 0.337. The van der Waals surface area contributed by atoms with Gasteiger partial charge in [-0.2, -0.15) is 0 Å². The average Bonchev–Trinajstić information content (AvgIpc) is 2.26. The Morgan fingerprint density at radius 3 is 2.07 bits per heavy atom. The van der Waals surface area contributed by atoms with Crippen molar-refractivity contribution in [3.8, 4) is 0 Å². The molecule has 1 aliphatic heterocycles. The van der Waals surface area contributed by atoms with E-state index in [1.807, 2.05) is 24.8 Å². The summed E-state index contributed by atoms with van der Waals surface area (Å²) >= 11 is 0. The molecule has 0 bridgehead atoms. The highest BCUT2D eigenvalue weighted by Crippen LogP contribution is 2.13. The Labute approximate surface area is 84.0 Å². The lowest BCUT2D eigenvalue weighted by Crippen LogP contribution is -2.35. The van der Waals surface area contributed by atoms with E-state index in [1.54, 1.807) is 0 Å². The summed E-state index contributed by atoms with van der Waals surface area (Å²) in [5.41, 5.74) is 2.30. The number of hydrogen-bond acceptors (Lipinski definition) is 3. The Morgan fingerprint density at radius 2 is 1.50 bits per heavy atom. The molecule has 0 fully saturated rings. The molecule has 0 spiro atoms. The molecular formula is C10H9N3Si. The molecule has 2 aromatic rings. The zero-order valence-corrected chi connectivity index (χ0v) is 8.98. The maximum Gasteiger partial charge on any atom is 0.0932 e. The maximum absolute atomic E-state index is 4.11. The van der Waals surface area contributed by atoms with Crippen molar-refractivity contribution >= 4 is 31.3 Å². The van der Waals surface area contributed by atoms with Crippen molar-refractivity contribution in [3.05, 3.63) is 36.9 Å². The molecule has 0 atom stereocenters. The van der Waals surface area contributed by atoms with E-state index in [0.29, 0.717) is 0 Å². The molecule has 0 aromatic carbocycles. The van der Waals surface area contributed by atoms with Gasteiger partial charge >= 0.3 is 0 Å². The minimum atomic E-state index is -0.337. The fraction of sp³-hybridized carbons (Fsp3) is 0. The van der Waals surface area contributed by atoms with E-state index < -0.39 is 0 Å². The molecule has 3 heterocycles. The lowest BCUT2D eigenvalue weighted by Gasteiger charge is -2.19. The molecule has 0 saturated heterocycles. The molecule has 1 N–H and O–H groups in total. The van der Waals surface area contributed by atoms with Gasteiger partial charge in [-0.25, -0.2) is 0 Å². The molecular weight excluding hydrogens is 190 g/mol. The number of rotatable bonds is 0. The Balaban J connectivity index is 2.12. The second kappa shape index (κ2) is 2.92. The van der Waals surface area contributed by atoms with Crippen LogP contribution in [0.25, 0.3) is 0 Å². The van der Waals surface area contributed by atoms with Crippen molar-refractivity contribution in [1.82, 2.24) is 9.97 Å². The first-order chi connectivity index (χ1) is 6.93. The third-order valence-electron chi connectivity index (χ3n) is 2.47. The summed E-state index contributed by atoms with van der Waals surface area (Å²) in [6.45, 7) is 0. The van der Waals surface area contributed by atoms with Gasteiger partial charge in [0.1, 0.15) is 0 Å². The number of anilines is 2. The van der Waals surface area contributed by atoms with E-state index in [1.165, 1.54) is 10.4 Å². The van der Waals surface area contributed by atoms with Crippen LogP contribution in [-0.2, 0) is 0 Å². The first-order valence-corrected chi connectivity index (χ1v) is 5.98. The standard InChI is InChI=1S/C10H9N3Si/c1-3-11-5-7-9(1)14-10-2-4-12-6-8(10)13-7/h1-6,13H,14H2. The molecule has 0 unspecified atom stereocenters. The fourth-order valence-electron chi connectivity index (χ4n) is 1.73. The highest BCUT2D eigenvalue weighted by atomic mass is 28.2. The lowest BCUT2D eigenvalue weighted by atomic mass is 10.3. The average molecular weight is 199 g/mol. The fourth-order valence-corrected chi connectivity index (χ4v) is 3.33. The molecule has 0 saturated carbocycles.